The van der Waals surface area contributed by atoms with Crippen LogP contribution in [0.5, 0.6) is 0 Å². The topological polar surface area (TPSA) is 38.9 Å². The van der Waals surface area contributed by atoms with Gasteiger partial charge in [0, 0.05) is 17.7 Å². The largest absolute Gasteiger partial charge is 0.448 e. The molecule has 0 N–H and O–H groups in total. The Labute approximate surface area is 123 Å². The number of benzene rings is 1. The van der Waals surface area contributed by atoms with Crippen LogP contribution in [0, 0.1) is 5.92 Å². The van der Waals surface area contributed by atoms with Gasteiger partial charge in [-0.25, -0.2) is 4.98 Å². The lowest BCUT2D eigenvalue weighted by molar-refractivity contribution is 0.462. The van der Waals surface area contributed by atoms with Crippen molar-refractivity contribution in [1.82, 2.24) is 9.97 Å². The summed E-state index contributed by atoms with van der Waals surface area (Å²) in [6.45, 7) is 0. The van der Waals surface area contributed by atoms with Gasteiger partial charge in [-0.2, -0.15) is 0 Å². The van der Waals surface area contributed by atoms with Gasteiger partial charge in [0.2, 0.25) is 0 Å². The molecule has 3 nitrogen and oxygen atoms in total. The maximum atomic E-state index is 5.53. The molecule has 1 aliphatic carbocycles. The van der Waals surface area contributed by atoms with Crippen molar-refractivity contribution in [2.24, 2.45) is 5.92 Å². The molecule has 1 fully saturated rings. The van der Waals surface area contributed by atoms with Crippen molar-refractivity contribution >= 4 is 0 Å². The number of oxazole rings is 1. The molecule has 0 spiro atoms. The normalized spacial score (nSPS) is 15.8. The van der Waals surface area contributed by atoms with Crippen molar-refractivity contribution < 1.29 is 4.42 Å². The van der Waals surface area contributed by atoms with Crippen molar-refractivity contribution in [1.29, 1.82) is 0 Å². The van der Waals surface area contributed by atoms with E-state index in [9.17, 15) is 0 Å². The van der Waals surface area contributed by atoms with E-state index in [4.69, 9.17) is 4.42 Å². The minimum Gasteiger partial charge on any atom is -0.448 e. The quantitative estimate of drug-likeness (QED) is 0.714. The minimum absolute atomic E-state index is 0.296. The van der Waals surface area contributed by atoms with Crippen LogP contribution in [0.2, 0.25) is 0 Å². The number of aromatic nitrogens is 2. The maximum absolute atomic E-state index is 5.53. The Morgan fingerprint density at radius 2 is 1.86 bits per heavy atom. The number of hydrogen-bond acceptors (Lipinski definition) is 3. The molecule has 1 aromatic carbocycles. The van der Waals surface area contributed by atoms with Crippen LogP contribution in [0.15, 0.2) is 65.7 Å². The maximum Gasteiger partial charge on any atom is 0.180 e. The van der Waals surface area contributed by atoms with Crippen molar-refractivity contribution in [3.05, 3.63) is 72.6 Å². The standard InChI is InChI=1S/C18H16N2O/c1-2-4-13(5-3-1)16-9-8-15(10-20-16)18(14-6-7-14)17-11-19-12-21-17/h1-5,8-12,14,18H,6-7H2. The van der Waals surface area contributed by atoms with E-state index in [2.05, 4.69) is 34.2 Å². The second-order valence-electron chi connectivity index (χ2n) is 5.56. The Balaban J connectivity index is 1.66. The lowest BCUT2D eigenvalue weighted by atomic mass is 9.93. The molecule has 0 amide bonds. The fourth-order valence-electron chi connectivity index (χ4n) is 2.85. The van der Waals surface area contributed by atoms with E-state index < -0.39 is 0 Å². The Morgan fingerprint density at radius 3 is 2.48 bits per heavy atom. The van der Waals surface area contributed by atoms with E-state index in [1.54, 1.807) is 0 Å². The Bertz CT molecular complexity index is 701. The summed E-state index contributed by atoms with van der Waals surface area (Å²) >= 11 is 0. The molecule has 0 bridgehead atoms. The number of nitrogens with zero attached hydrogens (tertiary/aromatic N) is 2. The molecule has 2 heterocycles. The molecular weight excluding hydrogens is 260 g/mol. The smallest absolute Gasteiger partial charge is 0.180 e. The van der Waals surface area contributed by atoms with Gasteiger partial charge in [0.15, 0.2) is 6.39 Å². The van der Waals surface area contributed by atoms with Crippen LogP contribution in [-0.2, 0) is 0 Å². The highest BCUT2D eigenvalue weighted by Gasteiger charge is 2.35. The molecule has 1 aliphatic rings. The van der Waals surface area contributed by atoms with Crippen LogP contribution < -0.4 is 0 Å². The first kappa shape index (κ1) is 12.3. The van der Waals surface area contributed by atoms with Gasteiger partial charge in [0.25, 0.3) is 0 Å². The van der Waals surface area contributed by atoms with Gasteiger partial charge >= 0.3 is 0 Å². The van der Waals surface area contributed by atoms with Crippen LogP contribution in [0.4, 0.5) is 0 Å². The zero-order valence-corrected chi connectivity index (χ0v) is 11.6. The molecule has 0 aliphatic heterocycles. The van der Waals surface area contributed by atoms with E-state index in [0.29, 0.717) is 11.8 Å². The van der Waals surface area contributed by atoms with Crippen LogP contribution in [-0.4, -0.2) is 9.97 Å². The van der Waals surface area contributed by atoms with Gasteiger partial charge in [0.1, 0.15) is 5.76 Å². The number of hydrogen-bond donors (Lipinski definition) is 0. The van der Waals surface area contributed by atoms with E-state index in [1.165, 1.54) is 24.8 Å². The molecule has 2 aromatic heterocycles. The van der Waals surface area contributed by atoms with Gasteiger partial charge in [-0.15, -0.1) is 0 Å². The summed E-state index contributed by atoms with van der Waals surface area (Å²) in [5.41, 5.74) is 3.37. The third kappa shape index (κ3) is 2.47. The fraction of sp³-hybridized carbons (Fsp3) is 0.222. The highest BCUT2D eigenvalue weighted by atomic mass is 16.3. The Kier molecular flexibility index (Phi) is 3.03. The molecule has 0 radical (unpaired) electrons. The molecular formula is C18H16N2O. The van der Waals surface area contributed by atoms with Crippen molar-refractivity contribution in [2.75, 3.05) is 0 Å². The fourth-order valence-corrected chi connectivity index (χ4v) is 2.85. The van der Waals surface area contributed by atoms with Gasteiger partial charge < -0.3 is 4.42 Å². The van der Waals surface area contributed by atoms with Gasteiger partial charge in [0.05, 0.1) is 11.9 Å². The first-order chi connectivity index (χ1) is 10.4. The minimum atomic E-state index is 0.296. The monoisotopic (exact) mass is 276 g/mol. The molecule has 104 valence electrons. The average molecular weight is 276 g/mol. The molecule has 0 saturated heterocycles. The second kappa shape index (κ2) is 5.17. The summed E-state index contributed by atoms with van der Waals surface area (Å²) < 4.78 is 5.53. The predicted octanol–water partition coefficient (Wildman–Crippen LogP) is 4.28. The van der Waals surface area contributed by atoms with Gasteiger partial charge in [-0.1, -0.05) is 36.4 Å². The summed E-state index contributed by atoms with van der Waals surface area (Å²) in [5.74, 6) is 1.92. The van der Waals surface area contributed by atoms with Crippen molar-refractivity contribution in [2.45, 2.75) is 18.8 Å². The first-order valence-corrected chi connectivity index (χ1v) is 7.31. The zero-order chi connectivity index (χ0) is 14.1. The number of pyridine rings is 1. The van der Waals surface area contributed by atoms with Gasteiger partial charge in [-0.3, -0.25) is 4.98 Å². The first-order valence-electron chi connectivity index (χ1n) is 7.31. The average Bonchev–Trinajstić information content (AvgIpc) is 3.23. The highest BCUT2D eigenvalue weighted by Crippen LogP contribution is 2.46. The van der Waals surface area contributed by atoms with Crippen LogP contribution in [0.25, 0.3) is 11.3 Å². The van der Waals surface area contributed by atoms with E-state index in [-0.39, 0.29) is 0 Å². The third-order valence-electron chi connectivity index (χ3n) is 4.07. The molecule has 4 rings (SSSR count). The molecule has 1 unspecified atom stereocenters. The van der Waals surface area contributed by atoms with E-state index in [0.717, 1.165) is 17.0 Å². The summed E-state index contributed by atoms with van der Waals surface area (Å²) in [6, 6.07) is 14.5. The molecule has 1 atom stereocenters. The molecule has 3 heteroatoms. The lowest BCUT2D eigenvalue weighted by Gasteiger charge is -2.13. The summed E-state index contributed by atoms with van der Waals surface area (Å²) in [6.07, 6.45) is 7.83. The van der Waals surface area contributed by atoms with Crippen molar-refractivity contribution in [3.63, 3.8) is 0 Å². The highest BCUT2D eigenvalue weighted by molar-refractivity contribution is 5.58. The Morgan fingerprint density at radius 1 is 1.00 bits per heavy atom. The summed E-state index contributed by atoms with van der Waals surface area (Å²) in [4.78, 5) is 8.68. The summed E-state index contributed by atoms with van der Waals surface area (Å²) in [5, 5.41) is 0. The second-order valence-corrected chi connectivity index (χ2v) is 5.56. The number of rotatable bonds is 4. The van der Waals surface area contributed by atoms with Crippen LogP contribution >= 0.6 is 0 Å². The zero-order valence-electron chi connectivity index (χ0n) is 11.6. The third-order valence-corrected chi connectivity index (χ3v) is 4.07. The SMILES string of the molecule is c1ccc(-c2ccc(C(c3cnco3)C3CC3)cn2)cc1. The Hall–Kier alpha value is -2.42. The van der Waals surface area contributed by atoms with Crippen LogP contribution in [0.3, 0.4) is 0 Å². The molecule has 3 aromatic rings. The van der Waals surface area contributed by atoms with E-state index >= 15 is 0 Å². The lowest BCUT2D eigenvalue weighted by Crippen LogP contribution is -2.03. The molecule has 1 saturated carbocycles. The van der Waals surface area contributed by atoms with Crippen LogP contribution in [0.1, 0.15) is 30.1 Å². The van der Waals surface area contributed by atoms with Gasteiger partial charge in [-0.05, 0) is 30.4 Å². The molecule has 21 heavy (non-hydrogen) atoms. The van der Waals surface area contributed by atoms with Crippen molar-refractivity contribution in [3.8, 4) is 11.3 Å². The summed E-state index contributed by atoms with van der Waals surface area (Å²) in [7, 11) is 0. The van der Waals surface area contributed by atoms with E-state index in [1.807, 2.05) is 30.6 Å². The predicted molar refractivity (Wildman–Crippen MR) is 80.7 cm³/mol.